The van der Waals surface area contributed by atoms with E-state index in [2.05, 4.69) is 16.4 Å². The molecular weight excluding hydrogens is 240 g/mol. The second-order valence-corrected chi connectivity index (χ2v) is 5.67. The summed E-state index contributed by atoms with van der Waals surface area (Å²) in [5.74, 6) is 0.507. The van der Waals surface area contributed by atoms with E-state index in [0.29, 0.717) is 12.0 Å². The lowest BCUT2D eigenvalue weighted by atomic mass is 9.75. The van der Waals surface area contributed by atoms with Gasteiger partial charge in [-0.25, -0.2) is 0 Å². The maximum absolute atomic E-state index is 9.55. The highest BCUT2D eigenvalue weighted by molar-refractivity contribution is 5.12. The molecule has 1 aliphatic heterocycles. The molecule has 0 aromatic carbocycles. The lowest BCUT2D eigenvalue weighted by Gasteiger charge is -2.40. The van der Waals surface area contributed by atoms with Crippen molar-refractivity contribution in [3.63, 3.8) is 0 Å². The van der Waals surface area contributed by atoms with Crippen LogP contribution in [0.5, 0.6) is 0 Å². The van der Waals surface area contributed by atoms with Crippen molar-refractivity contribution in [3.8, 4) is 0 Å². The van der Waals surface area contributed by atoms with Crippen LogP contribution < -0.4 is 5.32 Å². The van der Waals surface area contributed by atoms with Crippen molar-refractivity contribution in [2.45, 2.75) is 43.9 Å². The Morgan fingerprint density at radius 1 is 1.26 bits per heavy atom. The van der Waals surface area contributed by atoms with Crippen molar-refractivity contribution in [1.82, 2.24) is 10.3 Å². The maximum Gasteiger partial charge on any atom is 0.0576 e. The van der Waals surface area contributed by atoms with Gasteiger partial charge in [-0.3, -0.25) is 4.98 Å². The summed E-state index contributed by atoms with van der Waals surface area (Å²) in [7, 11) is 0. The largest absolute Gasteiger partial charge is 0.393 e. The van der Waals surface area contributed by atoms with Crippen LogP contribution in [0.1, 0.15) is 37.4 Å². The molecule has 1 unspecified atom stereocenters. The lowest BCUT2D eigenvalue weighted by Crippen LogP contribution is -2.45. The van der Waals surface area contributed by atoms with Crippen molar-refractivity contribution in [1.29, 1.82) is 0 Å². The van der Waals surface area contributed by atoms with E-state index in [1.807, 2.05) is 18.3 Å². The molecule has 2 fully saturated rings. The van der Waals surface area contributed by atoms with Crippen LogP contribution in [0.2, 0.25) is 0 Å². The number of hydrogen-bond donors (Lipinski definition) is 2. The summed E-state index contributed by atoms with van der Waals surface area (Å²) in [5.41, 5.74) is 1.10. The predicted octanol–water partition coefficient (Wildman–Crippen LogP) is 1.66. The number of aliphatic hydroxyl groups is 1. The molecule has 4 nitrogen and oxygen atoms in total. The fourth-order valence-electron chi connectivity index (χ4n) is 3.04. The number of aromatic nitrogens is 1. The molecule has 1 aromatic heterocycles. The topological polar surface area (TPSA) is 54.4 Å². The van der Waals surface area contributed by atoms with Crippen molar-refractivity contribution in [2.75, 3.05) is 13.2 Å². The molecule has 4 heteroatoms. The molecule has 1 aromatic rings. The molecule has 0 bridgehead atoms. The van der Waals surface area contributed by atoms with Crippen LogP contribution in [0, 0.1) is 5.92 Å². The van der Waals surface area contributed by atoms with Gasteiger partial charge < -0.3 is 15.2 Å². The lowest BCUT2D eigenvalue weighted by molar-refractivity contribution is 0.0138. The molecule has 1 aliphatic carbocycles. The van der Waals surface area contributed by atoms with E-state index in [9.17, 15) is 5.11 Å². The van der Waals surface area contributed by atoms with Crippen LogP contribution in [0.25, 0.3) is 0 Å². The van der Waals surface area contributed by atoms with Gasteiger partial charge in [0.25, 0.3) is 0 Å². The molecule has 0 radical (unpaired) electrons. The molecule has 2 N–H and O–H groups in total. The summed E-state index contributed by atoms with van der Waals surface area (Å²) >= 11 is 0. The first kappa shape index (κ1) is 13.0. The van der Waals surface area contributed by atoms with Crippen LogP contribution in [-0.4, -0.2) is 35.5 Å². The molecule has 2 aliphatic rings. The van der Waals surface area contributed by atoms with Gasteiger partial charge in [-0.2, -0.15) is 0 Å². The molecule has 0 spiro atoms. The van der Waals surface area contributed by atoms with Gasteiger partial charge in [0.05, 0.1) is 17.8 Å². The molecule has 2 heterocycles. The van der Waals surface area contributed by atoms with Crippen molar-refractivity contribution < 1.29 is 9.84 Å². The van der Waals surface area contributed by atoms with Crippen LogP contribution in [0.3, 0.4) is 0 Å². The van der Waals surface area contributed by atoms with Gasteiger partial charge in [0.15, 0.2) is 0 Å². The van der Waals surface area contributed by atoms with E-state index in [0.717, 1.165) is 44.6 Å². The maximum atomic E-state index is 9.55. The first-order valence-corrected chi connectivity index (χ1v) is 7.25. The highest BCUT2D eigenvalue weighted by atomic mass is 16.5. The normalized spacial score (nSPS) is 29.7. The minimum absolute atomic E-state index is 0.118. The number of nitrogens with one attached hydrogen (secondary N) is 1. The fraction of sp³-hybridized carbons (Fsp3) is 0.667. The number of rotatable bonds is 4. The first-order chi connectivity index (χ1) is 9.33. The van der Waals surface area contributed by atoms with E-state index in [1.165, 1.54) is 0 Å². The average Bonchev–Trinajstić information content (AvgIpc) is 2.44. The van der Waals surface area contributed by atoms with E-state index < -0.39 is 0 Å². The highest BCUT2D eigenvalue weighted by Gasteiger charge is 2.36. The van der Waals surface area contributed by atoms with E-state index in [-0.39, 0.29) is 12.1 Å². The molecular formula is C15H22N2O2. The molecule has 0 amide bonds. The minimum atomic E-state index is -0.118. The molecule has 104 valence electrons. The third-order valence-electron chi connectivity index (χ3n) is 4.26. The Morgan fingerprint density at radius 3 is 2.68 bits per heavy atom. The first-order valence-electron chi connectivity index (χ1n) is 7.25. The monoisotopic (exact) mass is 262 g/mol. The Morgan fingerprint density at radius 2 is 2.05 bits per heavy atom. The predicted molar refractivity (Wildman–Crippen MR) is 72.7 cm³/mol. The van der Waals surface area contributed by atoms with Gasteiger partial charge in [0.2, 0.25) is 0 Å². The van der Waals surface area contributed by atoms with Crippen molar-refractivity contribution in [2.24, 2.45) is 5.92 Å². The Bertz CT molecular complexity index is 386. The smallest absolute Gasteiger partial charge is 0.0576 e. The Balaban J connectivity index is 1.69. The Hall–Kier alpha value is -0.970. The number of hydrogen-bond acceptors (Lipinski definition) is 4. The third kappa shape index (κ3) is 3.14. The average molecular weight is 262 g/mol. The van der Waals surface area contributed by atoms with Crippen LogP contribution in [0.15, 0.2) is 24.4 Å². The van der Waals surface area contributed by atoms with Crippen LogP contribution in [-0.2, 0) is 4.74 Å². The molecule has 1 saturated carbocycles. The molecule has 1 saturated heterocycles. The highest BCUT2D eigenvalue weighted by Crippen LogP contribution is 2.38. The van der Waals surface area contributed by atoms with Crippen molar-refractivity contribution >= 4 is 0 Å². The van der Waals surface area contributed by atoms with E-state index >= 15 is 0 Å². The number of pyridine rings is 1. The third-order valence-corrected chi connectivity index (χ3v) is 4.26. The summed E-state index contributed by atoms with van der Waals surface area (Å²) < 4.78 is 5.41. The number of aliphatic hydroxyl groups excluding tert-OH is 1. The van der Waals surface area contributed by atoms with Gasteiger partial charge in [-0.15, -0.1) is 0 Å². The second kappa shape index (κ2) is 5.99. The number of nitrogens with zero attached hydrogens (tertiary/aromatic N) is 1. The van der Waals surface area contributed by atoms with Crippen LogP contribution >= 0.6 is 0 Å². The van der Waals surface area contributed by atoms with Gasteiger partial charge in [-0.05, 0) is 43.7 Å². The van der Waals surface area contributed by atoms with E-state index in [4.69, 9.17) is 4.74 Å². The van der Waals surface area contributed by atoms with Crippen molar-refractivity contribution in [3.05, 3.63) is 30.1 Å². The molecule has 1 atom stereocenters. The van der Waals surface area contributed by atoms with E-state index in [1.54, 1.807) is 0 Å². The summed E-state index contributed by atoms with van der Waals surface area (Å²) in [5, 5.41) is 13.3. The second-order valence-electron chi connectivity index (χ2n) is 5.67. The van der Waals surface area contributed by atoms with Gasteiger partial charge in [0.1, 0.15) is 0 Å². The fourth-order valence-corrected chi connectivity index (χ4v) is 3.04. The Kier molecular flexibility index (Phi) is 4.11. The summed E-state index contributed by atoms with van der Waals surface area (Å²) in [6.45, 7) is 1.69. The molecule has 3 rings (SSSR count). The SMILES string of the molecule is OC1CC(C(NC2CCOCC2)c2ccccn2)C1. The standard InChI is InChI=1S/C15H22N2O2/c18-13-9-11(10-13)15(14-3-1-2-6-16-14)17-12-4-7-19-8-5-12/h1-3,6,11-13,15,17-18H,4-5,7-10H2. The van der Waals surface area contributed by atoms with Crippen LogP contribution in [0.4, 0.5) is 0 Å². The van der Waals surface area contributed by atoms with Gasteiger partial charge in [0, 0.05) is 25.5 Å². The zero-order valence-corrected chi connectivity index (χ0v) is 11.2. The molecule has 19 heavy (non-hydrogen) atoms. The zero-order chi connectivity index (χ0) is 13.1. The number of ether oxygens (including phenoxy) is 1. The zero-order valence-electron chi connectivity index (χ0n) is 11.2. The minimum Gasteiger partial charge on any atom is -0.393 e. The van der Waals surface area contributed by atoms with Gasteiger partial charge >= 0.3 is 0 Å². The summed E-state index contributed by atoms with van der Waals surface area (Å²) in [6.07, 6.45) is 5.64. The Labute approximate surface area is 114 Å². The summed E-state index contributed by atoms with van der Waals surface area (Å²) in [6, 6.07) is 6.86. The summed E-state index contributed by atoms with van der Waals surface area (Å²) in [4.78, 5) is 4.50. The quantitative estimate of drug-likeness (QED) is 0.866. The van der Waals surface area contributed by atoms with Gasteiger partial charge in [-0.1, -0.05) is 6.07 Å².